The van der Waals surface area contributed by atoms with Crippen LogP contribution >= 0.6 is 0 Å². The van der Waals surface area contributed by atoms with Gasteiger partial charge in [0.1, 0.15) is 11.5 Å². The lowest BCUT2D eigenvalue weighted by molar-refractivity contribution is -0.385. The first-order valence-electron chi connectivity index (χ1n) is 7.56. The van der Waals surface area contributed by atoms with Crippen LogP contribution in [0.4, 0.5) is 11.4 Å². The minimum atomic E-state index is -0.617. The van der Waals surface area contributed by atoms with Crippen LogP contribution in [0.3, 0.4) is 0 Å². The maximum atomic E-state index is 10.9. The predicted octanol–water partition coefficient (Wildman–Crippen LogP) is 2.26. The Kier molecular flexibility index (Phi) is 5.73. The van der Waals surface area contributed by atoms with Crippen molar-refractivity contribution in [2.24, 2.45) is 11.5 Å². The first-order valence-corrected chi connectivity index (χ1v) is 7.56. The Bertz CT molecular complexity index is 968. The zero-order chi connectivity index (χ0) is 20.1. The molecule has 0 radical (unpaired) electrons. The predicted molar refractivity (Wildman–Crippen MR) is 98.7 cm³/mol. The van der Waals surface area contributed by atoms with E-state index in [1.807, 2.05) is 0 Å². The number of phenolic OH excluding ortho intramolecular Hbond substituents is 2. The maximum Gasteiger partial charge on any atom is 0.270 e. The van der Waals surface area contributed by atoms with Gasteiger partial charge in [-0.05, 0) is 29.9 Å². The third-order valence-corrected chi connectivity index (χ3v) is 3.68. The molecule has 2 aromatic carbocycles. The molecule has 0 aliphatic carbocycles. The number of non-ortho nitro benzene ring substituents is 2. The largest absolute Gasteiger partial charge is 0.507 e. The molecule has 6 N–H and O–H groups in total. The van der Waals surface area contributed by atoms with Crippen molar-refractivity contribution in [2.45, 2.75) is 0 Å². The van der Waals surface area contributed by atoms with Crippen molar-refractivity contribution in [3.05, 3.63) is 79.0 Å². The molecular weight excluding hydrogens is 356 g/mol. The van der Waals surface area contributed by atoms with Crippen molar-refractivity contribution in [3.8, 4) is 11.5 Å². The van der Waals surface area contributed by atoms with E-state index in [9.17, 15) is 30.4 Å². The number of nitro groups is 2. The number of nitro benzene ring substituents is 2. The molecule has 2 rings (SSSR count). The van der Waals surface area contributed by atoms with Crippen LogP contribution in [0.15, 0.2) is 47.7 Å². The lowest BCUT2D eigenvalue weighted by Crippen LogP contribution is -2.11. The van der Waals surface area contributed by atoms with Crippen molar-refractivity contribution < 1.29 is 20.1 Å². The average Bonchev–Trinajstić information content (AvgIpc) is 2.62. The monoisotopic (exact) mass is 372 g/mol. The van der Waals surface area contributed by atoms with Gasteiger partial charge in [0.05, 0.1) is 9.85 Å². The molecule has 0 spiro atoms. The fourth-order valence-electron chi connectivity index (χ4n) is 2.25. The summed E-state index contributed by atoms with van der Waals surface area (Å²) >= 11 is 0. The molecule has 10 heteroatoms. The number of phenols is 2. The normalized spacial score (nSPS) is 12.0. The molecule has 0 atom stereocenters. The second-order valence-electron chi connectivity index (χ2n) is 5.47. The van der Waals surface area contributed by atoms with Crippen molar-refractivity contribution in [1.29, 1.82) is 0 Å². The van der Waals surface area contributed by atoms with Crippen LogP contribution in [-0.2, 0) is 0 Å². The quantitative estimate of drug-likeness (QED) is 0.338. The van der Waals surface area contributed by atoms with Gasteiger partial charge in [0.15, 0.2) is 0 Å². The molecule has 140 valence electrons. The average molecular weight is 372 g/mol. The first-order chi connectivity index (χ1) is 12.7. The van der Waals surface area contributed by atoms with Gasteiger partial charge in [0.2, 0.25) is 0 Å². The summed E-state index contributed by atoms with van der Waals surface area (Å²) in [4.78, 5) is 20.5. The Balaban J connectivity index is 2.48. The van der Waals surface area contributed by atoms with Crippen molar-refractivity contribution in [2.75, 3.05) is 6.54 Å². The minimum Gasteiger partial charge on any atom is -0.507 e. The van der Waals surface area contributed by atoms with Crippen molar-refractivity contribution in [3.63, 3.8) is 0 Å². The SMILES string of the molecule is NCC(=Cc1cc([N+](=O)[O-])ccc1O)C(N)=Cc1cc([N+](=O)[O-])ccc1O. The second kappa shape index (κ2) is 7.97. The highest BCUT2D eigenvalue weighted by atomic mass is 16.6. The number of aromatic hydroxyl groups is 2. The number of nitrogens with two attached hydrogens (primary N) is 2. The second-order valence-corrected chi connectivity index (χ2v) is 5.47. The van der Waals surface area contributed by atoms with Gasteiger partial charge in [-0.1, -0.05) is 0 Å². The van der Waals surface area contributed by atoms with E-state index in [-0.39, 0.29) is 46.2 Å². The third-order valence-electron chi connectivity index (χ3n) is 3.68. The number of nitrogens with zero attached hydrogens (tertiary/aromatic N) is 2. The highest BCUT2D eigenvalue weighted by molar-refractivity contribution is 5.71. The van der Waals surface area contributed by atoms with E-state index in [0.717, 1.165) is 30.3 Å². The zero-order valence-corrected chi connectivity index (χ0v) is 13.9. The molecule has 0 aliphatic heterocycles. The summed E-state index contributed by atoms with van der Waals surface area (Å²) in [6, 6.07) is 6.92. The minimum absolute atomic E-state index is 0.0687. The van der Waals surface area contributed by atoms with E-state index in [1.165, 1.54) is 18.2 Å². The molecule has 27 heavy (non-hydrogen) atoms. The molecule has 0 aliphatic rings. The molecule has 0 saturated carbocycles. The van der Waals surface area contributed by atoms with E-state index in [0.29, 0.717) is 5.57 Å². The van der Waals surface area contributed by atoms with E-state index < -0.39 is 9.85 Å². The number of rotatable bonds is 6. The van der Waals surface area contributed by atoms with Gasteiger partial charge in [-0.25, -0.2) is 0 Å². The Hall–Kier alpha value is -3.92. The van der Waals surface area contributed by atoms with Crippen LogP contribution in [0.1, 0.15) is 11.1 Å². The van der Waals surface area contributed by atoms with Crippen molar-refractivity contribution >= 4 is 23.5 Å². The zero-order valence-electron chi connectivity index (χ0n) is 13.9. The number of hydrogen-bond acceptors (Lipinski definition) is 8. The molecule has 2 aromatic rings. The van der Waals surface area contributed by atoms with Gasteiger partial charge in [-0.3, -0.25) is 20.2 Å². The number of hydrogen-bond donors (Lipinski definition) is 4. The van der Waals surface area contributed by atoms with Gasteiger partial charge < -0.3 is 21.7 Å². The van der Waals surface area contributed by atoms with E-state index in [2.05, 4.69) is 0 Å². The van der Waals surface area contributed by atoms with Crippen LogP contribution < -0.4 is 11.5 Å². The summed E-state index contributed by atoms with van der Waals surface area (Å²) in [7, 11) is 0. The molecular formula is C17H16N4O6. The molecule has 0 fully saturated rings. The Labute approximate surface area is 153 Å². The smallest absolute Gasteiger partial charge is 0.270 e. The molecule has 0 saturated heterocycles. The fourth-order valence-corrected chi connectivity index (χ4v) is 2.25. The van der Waals surface area contributed by atoms with E-state index in [1.54, 1.807) is 0 Å². The van der Waals surface area contributed by atoms with Gasteiger partial charge >= 0.3 is 0 Å². The Morgan fingerprint density at radius 2 is 1.37 bits per heavy atom. The van der Waals surface area contributed by atoms with Gasteiger partial charge in [0, 0.05) is 47.6 Å². The standard InChI is InChI=1S/C17H16N4O6/c18-9-12(5-10-6-13(20(24)25)1-3-16(10)22)15(19)8-11-7-14(21(26)27)2-4-17(11)23/h1-8,22-23H,9,18-19H2. The summed E-state index contributed by atoms with van der Waals surface area (Å²) in [6.45, 7) is -0.0832. The lowest BCUT2D eigenvalue weighted by Gasteiger charge is -2.08. The van der Waals surface area contributed by atoms with Crippen LogP contribution in [0, 0.1) is 20.2 Å². The molecule has 0 aromatic heterocycles. The highest BCUT2D eigenvalue weighted by Crippen LogP contribution is 2.28. The van der Waals surface area contributed by atoms with E-state index in [4.69, 9.17) is 11.5 Å². The lowest BCUT2D eigenvalue weighted by atomic mass is 10.0. The maximum absolute atomic E-state index is 10.9. The molecule has 0 heterocycles. The van der Waals surface area contributed by atoms with Gasteiger partial charge in [0.25, 0.3) is 11.4 Å². The number of benzene rings is 2. The van der Waals surface area contributed by atoms with Crippen LogP contribution in [0.5, 0.6) is 11.5 Å². The van der Waals surface area contributed by atoms with Crippen molar-refractivity contribution in [1.82, 2.24) is 0 Å². The summed E-state index contributed by atoms with van der Waals surface area (Å²) < 4.78 is 0. The molecule has 0 unspecified atom stereocenters. The van der Waals surface area contributed by atoms with Crippen LogP contribution in [0.2, 0.25) is 0 Å². The fraction of sp³-hybridized carbons (Fsp3) is 0.0588. The summed E-state index contributed by atoms with van der Waals surface area (Å²) in [5, 5.41) is 41.5. The topological polar surface area (TPSA) is 179 Å². The Morgan fingerprint density at radius 1 is 0.926 bits per heavy atom. The summed E-state index contributed by atoms with van der Waals surface area (Å²) in [5.74, 6) is -0.435. The van der Waals surface area contributed by atoms with Gasteiger partial charge in [-0.15, -0.1) is 0 Å². The summed E-state index contributed by atoms with van der Waals surface area (Å²) in [5.41, 5.74) is 11.8. The highest BCUT2D eigenvalue weighted by Gasteiger charge is 2.12. The van der Waals surface area contributed by atoms with E-state index >= 15 is 0 Å². The molecule has 0 bridgehead atoms. The Morgan fingerprint density at radius 3 is 1.78 bits per heavy atom. The first kappa shape index (κ1) is 19.4. The molecule has 10 nitrogen and oxygen atoms in total. The molecule has 0 amide bonds. The van der Waals surface area contributed by atoms with Gasteiger partial charge in [-0.2, -0.15) is 0 Å². The third kappa shape index (κ3) is 4.58. The van der Waals surface area contributed by atoms with Crippen LogP contribution in [-0.4, -0.2) is 26.6 Å². The summed E-state index contributed by atoms with van der Waals surface area (Å²) in [6.07, 6.45) is 2.65. The van der Waals surface area contributed by atoms with Crippen LogP contribution in [0.25, 0.3) is 12.2 Å².